The minimum Gasteiger partial charge on any atom is -0.493 e. The molecule has 0 spiro atoms. The highest BCUT2D eigenvalue weighted by atomic mass is 16.6. The lowest BCUT2D eigenvalue weighted by Crippen LogP contribution is -2.09. The molecule has 4 heteroatoms. The highest BCUT2D eigenvalue weighted by Gasteiger charge is 2.14. The van der Waals surface area contributed by atoms with Gasteiger partial charge in [0.1, 0.15) is 0 Å². The number of rotatable bonds is 4. The topological polar surface area (TPSA) is 52.6 Å². The summed E-state index contributed by atoms with van der Waals surface area (Å²) in [6.45, 7) is 1.53. The summed E-state index contributed by atoms with van der Waals surface area (Å²) < 4.78 is 11.0. The molecule has 0 aromatic heterocycles. The molecule has 0 amide bonds. The van der Waals surface area contributed by atoms with Crippen molar-refractivity contribution in [1.82, 2.24) is 0 Å². The molecule has 4 rings (SSSR count). The number of carbonyl (C=O) groups excluding carboxylic acids is 2. The van der Waals surface area contributed by atoms with E-state index in [4.69, 9.17) is 9.47 Å². The highest BCUT2D eigenvalue weighted by molar-refractivity contribution is 6.01. The summed E-state index contributed by atoms with van der Waals surface area (Å²) in [5.74, 6) is 0.414. The van der Waals surface area contributed by atoms with Gasteiger partial charge in [-0.1, -0.05) is 42.5 Å². The lowest BCUT2D eigenvalue weighted by Gasteiger charge is -2.11. The van der Waals surface area contributed by atoms with E-state index >= 15 is 0 Å². The Morgan fingerprint density at radius 2 is 1.21 bits per heavy atom. The summed E-state index contributed by atoms with van der Waals surface area (Å²) in [5, 5.41) is 3.73. The van der Waals surface area contributed by atoms with Crippen molar-refractivity contribution in [3.8, 4) is 11.5 Å². The monoisotopic (exact) mass is 370 g/mol. The summed E-state index contributed by atoms with van der Waals surface area (Å²) in [4.78, 5) is 24.2. The number of esters is 1. The molecule has 4 nitrogen and oxygen atoms in total. The van der Waals surface area contributed by atoms with Gasteiger partial charge in [-0.3, -0.25) is 4.79 Å². The van der Waals surface area contributed by atoms with Crippen LogP contribution < -0.4 is 9.47 Å². The number of benzene rings is 4. The zero-order valence-corrected chi connectivity index (χ0v) is 15.6. The van der Waals surface area contributed by atoms with Gasteiger partial charge >= 0.3 is 5.97 Å². The average molecular weight is 370 g/mol. The molecule has 0 aliphatic rings. The molecule has 0 atom stereocenters. The summed E-state index contributed by atoms with van der Waals surface area (Å²) in [7, 11) is 1.55. The fourth-order valence-corrected chi connectivity index (χ4v) is 3.19. The smallest absolute Gasteiger partial charge is 0.343 e. The predicted molar refractivity (Wildman–Crippen MR) is 109 cm³/mol. The van der Waals surface area contributed by atoms with Gasteiger partial charge in [0.05, 0.1) is 12.7 Å². The van der Waals surface area contributed by atoms with Gasteiger partial charge in [-0.2, -0.15) is 0 Å². The molecular weight excluding hydrogens is 352 g/mol. The normalized spacial score (nSPS) is 10.8. The third-order valence-corrected chi connectivity index (χ3v) is 4.72. The third-order valence-electron chi connectivity index (χ3n) is 4.72. The van der Waals surface area contributed by atoms with E-state index in [-0.39, 0.29) is 5.78 Å². The van der Waals surface area contributed by atoms with Gasteiger partial charge in [0.2, 0.25) is 0 Å². The minimum absolute atomic E-state index is 0.00813. The Morgan fingerprint density at radius 1 is 0.679 bits per heavy atom. The molecule has 4 aromatic rings. The van der Waals surface area contributed by atoms with Crippen molar-refractivity contribution in [2.75, 3.05) is 7.11 Å². The zero-order valence-electron chi connectivity index (χ0n) is 15.6. The fourth-order valence-electron chi connectivity index (χ4n) is 3.19. The van der Waals surface area contributed by atoms with Gasteiger partial charge in [0.25, 0.3) is 0 Å². The Balaban J connectivity index is 1.67. The Bertz CT molecular complexity index is 1220. The quantitative estimate of drug-likeness (QED) is 0.273. The van der Waals surface area contributed by atoms with Crippen molar-refractivity contribution in [1.29, 1.82) is 0 Å². The van der Waals surface area contributed by atoms with Crippen LogP contribution in [0, 0.1) is 0 Å². The predicted octanol–water partition coefficient (Wildman–Crippen LogP) is 5.42. The third kappa shape index (κ3) is 3.32. The average Bonchev–Trinajstić information content (AvgIpc) is 2.72. The summed E-state index contributed by atoms with van der Waals surface area (Å²) in [6.07, 6.45) is 0. The molecule has 0 unspecified atom stereocenters. The second-order valence-corrected chi connectivity index (χ2v) is 6.57. The molecular formula is C24H18O4. The van der Waals surface area contributed by atoms with Crippen LogP contribution in [0.2, 0.25) is 0 Å². The SMILES string of the molecule is COc1cc2ccccc2cc1OC(=O)c1ccc2cc(C(C)=O)ccc2c1. The molecule has 0 N–H and O–H groups in total. The maximum atomic E-state index is 12.7. The Morgan fingerprint density at radius 3 is 1.82 bits per heavy atom. The molecule has 138 valence electrons. The first-order valence-electron chi connectivity index (χ1n) is 8.89. The van der Waals surface area contributed by atoms with E-state index in [0.29, 0.717) is 22.6 Å². The van der Waals surface area contributed by atoms with Crippen molar-refractivity contribution in [3.63, 3.8) is 0 Å². The molecule has 0 aliphatic heterocycles. The van der Waals surface area contributed by atoms with Crippen LogP contribution in [0.1, 0.15) is 27.6 Å². The van der Waals surface area contributed by atoms with Gasteiger partial charge in [0.15, 0.2) is 17.3 Å². The first-order chi connectivity index (χ1) is 13.5. The van der Waals surface area contributed by atoms with Gasteiger partial charge in [-0.25, -0.2) is 4.79 Å². The van der Waals surface area contributed by atoms with Crippen molar-refractivity contribution >= 4 is 33.3 Å². The second-order valence-electron chi connectivity index (χ2n) is 6.57. The highest BCUT2D eigenvalue weighted by Crippen LogP contribution is 2.33. The molecule has 0 radical (unpaired) electrons. The number of fused-ring (bicyclic) bond motifs is 2. The van der Waals surface area contributed by atoms with E-state index in [1.54, 1.807) is 31.4 Å². The van der Waals surface area contributed by atoms with Gasteiger partial charge < -0.3 is 9.47 Å². The van der Waals surface area contributed by atoms with Crippen LogP contribution in [0.4, 0.5) is 0 Å². The summed E-state index contributed by atoms with van der Waals surface area (Å²) >= 11 is 0. The molecule has 0 bridgehead atoms. The van der Waals surface area contributed by atoms with Crippen molar-refractivity contribution in [2.24, 2.45) is 0 Å². The zero-order chi connectivity index (χ0) is 19.7. The van der Waals surface area contributed by atoms with E-state index < -0.39 is 5.97 Å². The van der Waals surface area contributed by atoms with Crippen molar-refractivity contribution in [3.05, 3.63) is 83.9 Å². The van der Waals surface area contributed by atoms with Crippen LogP contribution in [-0.4, -0.2) is 18.9 Å². The van der Waals surface area contributed by atoms with E-state index in [1.165, 1.54) is 6.92 Å². The Labute approximate surface area is 162 Å². The number of ketones is 1. The van der Waals surface area contributed by atoms with Crippen LogP contribution >= 0.6 is 0 Å². The van der Waals surface area contributed by atoms with Gasteiger partial charge in [-0.05, 0) is 58.8 Å². The van der Waals surface area contributed by atoms with E-state index in [2.05, 4.69) is 0 Å². The molecule has 0 fully saturated rings. The Hall–Kier alpha value is -3.66. The number of ether oxygens (including phenoxy) is 2. The van der Waals surface area contributed by atoms with Crippen LogP contribution in [0.5, 0.6) is 11.5 Å². The number of carbonyl (C=O) groups is 2. The fraction of sp³-hybridized carbons (Fsp3) is 0.0833. The maximum absolute atomic E-state index is 12.7. The Kier molecular flexibility index (Phi) is 4.53. The molecule has 0 aliphatic carbocycles. The van der Waals surface area contributed by atoms with Crippen LogP contribution in [0.15, 0.2) is 72.8 Å². The molecule has 0 heterocycles. The van der Waals surface area contributed by atoms with Gasteiger partial charge in [0, 0.05) is 5.56 Å². The van der Waals surface area contributed by atoms with E-state index in [1.807, 2.05) is 48.5 Å². The lowest BCUT2D eigenvalue weighted by molar-refractivity contribution is 0.0730. The first kappa shape index (κ1) is 17.7. The van der Waals surface area contributed by atoms with E-state index in [9.17, 15) is 9.59 Å². The van der Waals surface area contributed by atoms with Crippen LogP contribution in [0.3, 0.4) is 0 Å². The molecule has 28 heavy (non-hydrogen) atoms. The number of hydrogen-bond acceptors (Lipinski definition) is 4. The summed E-state index contributed by atoms with van der Waals surface area (Å²) in [5.41, 5.74) is 1.07. The molecule has 0 saturated carbocycles. The largest absolute Gasteiger partial charge is 0.493 e. The maximum Gasteiger partial charge on any atom is 0.343 e. The van der Waals surface area contributed by atoms with Crippen LogP contribution in [0.25, 0.3) is 21.5 Å². The van der Waals surface area contributed by atoms with E-state index in [0.717, 1.165) is 21.5 Å². The summed E-state index contributed by atoms with van der Waals surface area (Å²) in [6, 6.07) is 22.1. The number of hydrogen-bond donors (Lipinski definition) is 0. The standard InChI is InChI=1S/C24H18O4/c1-15(25)16-7-8-20-12-21(10-9-19(20)11-16)24(26)28-23-14-18-6-4-3-5-17(18)13-22(23)27-2/h3-14H,1-2H3. The van der Waals surface area contributed by atoms with Crippen molar-refractivity contribution in [2.45, 2.75) is 6.92 Å². The second kappa shape index (κ2) is 7.16. The lowest BCUT2D eigenvalue weighted by atomic mass is 10.0. The molecule has 4 aromatic carbocycles. The molecule has 0 saturated heterocycles. The van der Waals surface area contributed by atoms with Crippen LogP contribution in [-0.2, 0) is 0 Å². The van der Waals surface area contributed by atoms with Crippen molar-refractivity contribution < 1.29 is 19.1 Å². The minimum atomic E-state index is -0.467. The number of Topliss-reactive ketones (excluding diaryl/α,β-unsaturated/α-hetero) is 1. The first-order valence-corrected chi connectivity index (χ1v) is 8.89. The van der Waals surface area contributed by atoms with Gasteiger partial charge in [-0.15, -0.1) is 0 Å². The number of methoxy groups -OCH3 is 1.